The Labute approximate surface area is 118 Å². The molecule has 2 aromatic rings. The van der Waals surface area contributed by atoms with Crippen LogP contribution < -0.4 is 0 Å². The number of aliphatic hydroxyl groups is 1. The molecule has 0 saturated carbocycles. The molecule has 0 fully saturated rings. The van der Waals surface area contributed by atoms with Gasteiger partial charge in [0.05, 0.1) is 0 Å². The third-order valence-corrected chi connectivity index (χ3v) is 7.97. The molecule has 0 aliphatic carbocycles. The molecular weight excluding hydrogens is 303 g/mol. The molecule has 0 bridgehead atoms. The number of benzene rings is 1. The van der Waals surface area contributed by atoms with Gasteiger partial charge in [-0.05, 0) is 0 Å². The van der Waals surface area contributed by atoms with E-state index in [0.717, 1.165) is 11.3 Å². The molecule has 0 aliphatic rings. The van der Waals surface area contributed by atoms with Gasteiger partial charge in [-0.3, -0.25) is 0 Å². The van der Waals surface area contributed by atoms with E-state index in [4.69, 9.17) is 0 Å². The van der Waals surface area contributed by atoms with E-state index >= 15 is 0 Å². The number of rotatable bonds is 6. The Morgan fingerprint density at radius 2 is 1.94 bits per heavy atom. The maximum absolute atomic E-state index is 10.1. The quantitative estimate of drug-likeness (QED) is 0.795. The molecule has 0 spiro atoms. The first-order chi connectivity index (χ1) is 8.75. The first kappa shape index (κ1) is 13.9. The molecule has 0 saturated heterocycles. The SMILES string of the molecule is C[As](CCC(O)c1cccs1)Cc1ccccc1. The van der Waals surface area contributed by atoms with Crippen LogP contribution in [0, 0.1) is 0 Å². The first-order valence-electron chi connectivity index (χ1n) is 6.19. The van der Waals surface area contributed by atoms with Crippen LogP contribution in [0.2, 0.25) is 10.9 Å². The molecule has 0 aliphatic heterocycles. The van der Waals surface area contributed by atoms with Crippen LogP contribution in [0.4, 0.5) is 0 Å². The summed E-state index contributed by atoms with van der Waals surface area (Å²) in [5.41, 5.74) is 3.85. The Kier molecular flexibility index (Phi) is 5.49. The molecule has 96 valence electrons. The fraction of sp³-hybridized carbons (Fsp3) is 0.333. The van der Waals surface area contributed by atoms with Crippen molar-refractivity contribution in [3.63, 3.8) is 0 Å². The predicted octanol–water partition coefficient (Wildman–Crippen LogP) is 4.08. The van der Waals surface area contributed by atoms with E-state index in [2.05, 4.69) is 36.0 Å². The molecule has 1 N–H and O–H groups in total. The van der Waals surface area contributed by atoms with Crippen LogP contribution in [0.25, 0.3) is 0 Å². The summed E-state index contributed by atoms with van der Waals surface area (Å²) in [6.45, 7) is 0. The van der Waals surface area contributed by atoms with Crippen molar-refractivity contribution in [2.45, 2.75) is 28.7 Å². The fourth-order valence-electron chi connectivity index (χ4n) is 1.94. The number of hydrogen-bond donors (Lipinski definition) is 1. The topological polar surface area (TPSA) is 20.2 Å². The second-order valence-electron chi connectivity index (χ2n) is 4.54. The van der Waals surface area contributed by atoms with Crippen LogP contribution in [0.5, 0.6) is 0 Å². The molecule has 1 heterocycles. The van der Waals surface area contributed by atoms with Crippen LogP contribution in [0.3, 0.4) is 0 Å². The molecule has 0 radical (unpaired) electrons. The summed E-state index contributed by atoms with van der Waals surface area (Å²) < 4.78 is 0. The number of thiophene rings is 1. The van der Waals surface area contributed by atoms with Crippen LogP contribution in [-0.4, -0.2) is 19.8 Å². The van der Waals surface area contributed by atoms with E-state index in [1.165, 1.54) is 16.0 Å². The van der Waals surface area contributed by atoms with E-state index in [9.17, 15) is 5.11 Å². The minimum absolute atomic E-state index is 0.252. The van der Waals surface area contributed by atoms with Gasteiger partial charge in [0.1, 0.15) is 0 Å². The predicted molar refractivity (Wildman–Crippen MR) is 80.5 cm³/mol. The third kappa shape index (κ3) is 4.27. The summed E-state index contributed by atoms with van der Waals surface area (Å²) in [6.07, 6.45) is 0.668. The Hall–Kier alpha value is -0.562. The van der Waals surface area contributed by atoms with Crippen molar-refractivity contribution in [2.24, 2.45) is 0 Å². The molecule has 2 unspecified atom stereocenters. The monoisotopic (exact) mass is 322 g/mol. The van der Waals surface area contributed by atoms with Crippen molar-refractivity contribution < 1.29 is 5.11 Å². The zero-order chi connectivity index (χ0) is 12.8. The Morgan fingerprint density at radius 1 is 1.17 bits per heavy atom. The molecule has 0 amide bonds. The summed E-state index contributed by atoms with van der Waals surface area (Å²) in [5, 5.41) is 14.5. The summed E-state index contributed by atoms with van der Waals surface area (Å²) in [6, 6.07) is 14.7. The van der Waals surface area contributed by atoms with Crippen LogP contribution in [0.1, 0.15) is 23.0 Å². The second kappa shape index (κ2) is 7.13. The molecule has 1 aromatic carbocycles. The van der Waals surface area contributed by atoms with Crippen LogP contribution in [-0.2, 0) is 5.21 Å². The summed E-state index contributed by atoms with van der Waals surface area (Å²) in [4.78, 5) is 1.11. The fourth-order valence-corrected chi connectivity index (χ4v) is 6.21. The van der Waals surface area contributed by atoms with Crippen LogP contribution >= 0.6 is 11.3 Å². The Balaban J connectivity index is 1.77. The van der Waals surface area contributed by atoms with Gasteiger partial charge in [-0.2, -0.15) is 0 Å². The van der Waals surface area contributed by atoms with E-state index in [0.29, 0.717) is 0 Å². The van der Waals surface area contributed by atoms with Crippen molar-refractivity contribution in [1.29, 1.82) is 0 Å². The van der Waals surface area contributed by atoms with Gasteiger partial charge < -0.3 is 0 Å². The van der Waals surface area contributed by atoms with Crippen molar-refractivity contribution in [1.82, 2.24) is 0 Å². The van der Waals surface area contributed by atoms with Gasteiger partial charge >= 0.3 is 118 Å². The molecule has 2 rings (SSSR count). The molecule has 1 aromatic heterocycles. The summed E-state index contributed by atoms with van der Waals surface area (Å²) in [7, 11) is 0. The number of aliphatic hydroxyl groups excluding tert-OH is 1. The van der Waals surface area contributed by atoms with Gasteiger partial charge in [0.15, 0.2) is 0 Å². The average Bonchev–Trinajstić information content (AvgIpc) is 2.91. The van der Waals surface area contributed by atoms with Gasteiger partial charge in [-0.1, -0.05) is 0 Å². The molecule has 3 heteroatoms. The zero-order valence-corrected chi connectivity index (χ0v) is 13.3. The molecule has 18 heavy (non-hydrogen) atoms. The molecule has 1 nitrogen and oxygen atoms in total. The molecule has 2 atom stereocenters. The van der Waals surface area contributed by atoms with Gasteiger partial charge in [-0.25, -0.2) is 0 Å². The van der Waals surface area contributed by atoms with Gasteiger partial charge in [0.2, 0.25) is 0 Å². The van der Waals surface area contributed by atoms with E-state index in [1.807, 2.05) is 17.5 Å². The Morgan fingerprint density at radius 3 is 2.61 bits per heavy atom. The first-order valence-corrected chi connectivity index (χ1v) is 11.6. The van der Waals surface area contributed by atoms with E-state index < -0.39 is 14.7 Å². The van der Waals surface area contributed by atoms with Gasteiger partial charge in [-0.15, -0.1) is 0 Å². The zero-order valence-electron chi connectivity index (χ0n) is 10.6. The Bertz CT molecular complexity index is 441. The summed E-state index contributed by atoms with van der Waals surface area (Å²) >= 11 is 0.840. The molecular formula is C15H19AsOS. The maximum atomic E-state index is 10.1. The minimum atomic E-state index is -0.813. The summed E-state index contributed by atoms with van der Waals surface area (Å²) in [5.74, 6) is 0. The van der Waals surface area contributed by atoms with E-state index in [-0.39, 0.29) is 6.10 Å². The van der Waals surface area contributed by atoms with Crippen molar-refractivity contribution >= 4 is 26.0 Å². The average molecular weight is 322 g/mol. The number of hydrogen-bond acceptors (Lipinski definition) is 2. The van der Waals surface area contributed by atoms with Crippen molar-refractivity contribution in [2.75, 3.05) is 0 Å². The van der Waals surface area contributed by atoms with E-state index in [1.54, 1.807) is 11.3 Å². The normalized spacial score (nSPS) is 14.3. The van der Waals surface area contributed by atoms with Crippen LogP contribution in [0.15, 0.2) is 47.8 Å². The second-order valence-corrected chi connectivity index (χ2v) is 10.7. The third-order valence-electron chi connectivity index (χ3n) is 2.95. The van der Waals surface area contributed by atoms with Gasteiger partial charge in [0, 0.05) is 0 Å². The standard InChI is InChI=1S/C15H19AsOS/c1-16(12-13-6-3-2-4-7-13)10-9-14(17)15-8-5-11-18-15/h2-8,11,14,17H,9-10,12H2,1H3. The van der Waals surface area contributed by atoms with Crippen molar-refractivity contribution in [3.05, 3.63) is 58.3 Å². The van der Waals surface area contributed by atoms with Gasteiger partial charge in [0.25, 0.3) is 0 Å². The van der Waals surface area contributed by atoms with Crippen molar-refractivity contribution in [3.8, 4) is 0 Å².